The van der Waals surface area contributed by atoms with Crippen molar-refractivity contribution in [3.8, 4) is 0 Å². The Hall–Kier alpha value is 0.270. The lowest BCUT2D eigenvalue weighted by atomic mass is 9.72. The zero-order valence-corrected chi connectivity index (χ0v) is 12.9. The average Bonchev–Trinajstić information content (AvgIpc) is 2.35. The van der Waals surface area contributed by atoms with E-state index in [0.717, 1.165) is 18.4 Å². The van der Waals surface area contributed by atoms with E-state index in [2.05, 4.69) is 32.1 Å². The summed E-state index contributed by atoms with van der Waals surface area (Å²) in [6, 6.07) is 0. The topological polar surface area (TPSA) is 29.3 Å². The molecular formula is C14H30N2S. The van der Waals surface area contributed by atoms with Gasteiger partial charge in [0.2, 0.25) is 0 Å². The van der Waals surface area contributed by atoms with Crippen LogP contribution in [0.5, 0.6) is 0 Å². The van der Waals surface area contributed by atoms with Gasteiger partial charge < -0.3 is 5.73 Å². The maximum Gasteiger partial charge on any atom is 0.0329 e. The van der Waals surface area contributed by atoms with Gasteiger partial charge in [0.05, 0.1) is 0 Å². The molecule has 102 valence electrons. The zero-order chi connectivity index (χ0) is 12.9. The maximum atomic E-state index is 6.08. The van der Waals surface area contributed by atoms with E-state index < -0.39 is 0 Å². The Labute approximate surface area is 112 Å². The number of hydrogen-bond donors (Lipinski definition) is 1. The van der Waals surface area contributed by atoms with E-state index >= 15 is 0 Å². The van der Waals surface area contributed by atoms with Gasteiger partial charge in [-0.15, -0.1) is 0 Å². The predicted octanol–water partition coefficient (Wildman–Crippen LogP) is 2.82. The highest BCUT2D eigenvalue weighted by molar-refractivity contribution is 7.98. The lowest BCUT2D eigenvalue weighted by molar-refractivity contribution is 0.0605. The normalized spacial score (nSPS) is 30.2. The summed E-state index contributed by atoms with van der Waals surface area (Å²) in [7, 11) is 2.26. The molecule has 0 atom stereocenters. The summed E-state index contributed by atoms with van der Waals surface area (Å²) in [6.45, 7) is 6.71. The van der Waals surface area contributed by atoms with E-state index in [0.29, 0.717) is 5.54 Å². The van der Waals surface area contributed by atoms with Crippen molar-refractivity contribution in [3.05, 3.63) is 0 Å². The van der Waals surface area contributed by atoms with E-state index in [-0.39, 0.29) is 0 Å². The molecule has 0 aromatic rings. The summed E-state index contributed by atoms with van der Waals surface area (Å²) in [5.41, 5.74) is 6.38. The summed E-state index contributed by atoms with van der Waals surface area (Å²) in [4.78, 5) is 2.53. The highest BCUT2D eigenvalue weighted by atomic mass is 32.2. The monoisotopic (exact) mass is 258 g/mol. The summed E-state index contributed by atoms with van der Waals surface area (Å²) >= 11 is 1.93. The first-order valence-electron chi connectivity index (χ1n) is 6.96. The summed E-state index contributed by atoms with van der Waals surface area (Å²) in [5.74, 6) is 2.97. The Morgan fingerprint density at radius 1 is 1.35 bits per heavy atom. The van der Waals surface area contributed by atoms with Crippen LogP contribution in [0.25, 0.3) is 0 Å². The Balaban J connectivity index is 2.54. The molecule has 1 rings (SSSR count). The molecule has 0 heterocycles. The molecule has 0 bridgehead atoms. The van der Waals surface area contributed by atoms with Crippen LogP contribution in [0.15, 0.2) is 0 Å². The van der Waals surface area contributed by atoms with E-state index in [4.69, 9.17) is 5.73 Å². The molecule has 1 saturated carbocycles. The first-order chi connectivity index (χ1) is 8.05. The van der Waals surface area contributed by atoms with Crippen molar-refractivity contribution >= 4 is 11.8 Å². The van der Waals surface area contributed by atoms with Crippen molar-refractivity contribution in [1.29, 1.82) is 0 Å². The molecule has 0 aliphatic heterocycles. The van der Waals surface area contributed by atoms with Gasteiger partial charge in [0.15, 0.2) is 0 Å². The van der Waals surface area contributed by atoms with Gasteiger partial charge >= 0.3 is 0 Å². The lowest BCUT2D eigenvalue weighted by Crippen LogP contribution is -2.55. The number of rotatable bonds is 6. The van der Waals surface area contributed by atoms with Crippen molar-refractivity contribution in [2.75, 3.05) is 32.1 Å². The molecule has 2 nitrogen and oxygen atoms in total. The standard InChI is InChI=1S/C14H30N2S/c1-12(2)13-5-7-14(11-15,8-6-13)16(3)9-10-17-4/h12-13H,5-11,15H2,1-4H3. The van der Waals surface area contributed by atoms with Gasteiger partial charge in [-0.25, -0.2) is 0 Å². The largest absolute Gasteiger partial charge is 0.329 e. The maximum absolute atomic E-state index is 6.08. The van der Waals surface area contributed by atoms with Crippen LogP contribution in [0.4, 0.5) is 0 Å². The lowest BCUT2D eigenvalue weighted by Gasteiger charge is -2.46. The fraction of sp³-hybridized carbons (Fsp3) is 1.00. The predicted molar refractivity (Wildman–Crippen MR) is 79.6 cm³/mol. The third-order valence-corrected chi connectivity index (χ3v) is 5.32. The molecule has 1 aliphatic rings. The third-order valence-electron chi connectivity index (χ3n) is 4.72. The van der Waals surface area contributed by atoms with Gasteiger partial charge in [-0.05, 0) is 50.8 Å². The molecule has 17 heavy (non-hydrogen) atoms. The van der Waals surface area contributed by atoms with Gasteiger partial charge in [-0.2, -0.15) is 11.8 Å². The van der Waals surface area contributed by atoms with E-state index in [1.807, 2.05) is 11.8 Å². The number of likely N-dealkylation sites (N-methyl/N-ethyl adjacent to an activating group) is 1. The highest BCUT2D eigenvalue weighted by Crippen LogP contribution is 2.38. The van der Waals surface area contributed by atoms with Crippen LogP contribution in [0, 0.1) is 11.8 Å². The molecule has 0 aromatic carbocycles. The van der Waals surface area contributed by atoms with E-state index in [1.54, 1.807) is 0 Å². The van der Waals surface area contributed by atoms with Crippen molar-refractivity contribution in [2.45, 2.75) is 45.1 Å². The first-order valence-corrected chi connectivity index (χ1v) is 8.35. The number of nitrogens with zero attached hydrogens (tertiary/aromatic N) is 1. The second-order valence-electron chi connectivity index (χ2n) is 5.92. The smallest absolute Gasteiger partial charge is 0.0329 e. The van der Waals surface area contributed by atoms with Gasteiger partial charge in [0.25, 0.3) is 0 Å². The van der Waals surface area contributed by atoms with Crippen LogP contribution >= 0.6 is 11.8 Å². The first kappa shape index (κ1) is 15.3. The third kappa shape index (κ3) is 3.87. The molecule has 0 unspecified atom stereocenters. The van der Waals surface area contributed by atoms with Gasteiger partial charge in [-0.3, -0.25) is 4.90 Å². The number of hydrogen-bond acceptors (Lipinski definition) is 3. The van der Waals surface area contributed by atoms with Crippen LogP contribution in [0.1, 0.15) is 39.5 Å². The minimum Gasteiger partial charge on any atom is -0.329 e. The second-order valence-corrected chi connectivity index (χ2v) is 6.91. The van der Waals surface area contributed by atoms with Crippen LogP contribution < -0.4 is 5.73 Å². The quantitative estimate of drug-likeness (QED) is 0.794. The minimum atomic E-state index is 0.293. The Bertz CT molecular complexity index is 210. The van der Waals surface area contributed by atoms with Gasteiger partial charge in [0, 0.05) is 24.4 Å². The Morgan fingerprint density at radius 2 is 1.94 bits per heavy atom. The molecule has 0 saturated heterocycles. The fourth-order valence-electron chi connectivity index (χ4n) is 3.05. The molecule has 0 amide bonds. The van der Waals surface area contributed by atoms with Crippen molar-refractivity contribution in [3.63, 3.8) is 0 Å². The van der Waals surface area contributed by atoms with E-state index in [9.17, 15) is 0 Å². The van der Waals surface area contributed by atoms with E-state index in [1.165, 1.54) is 38.0 Å². The van der Waals surface area contributed by atoms with Crippen LogP contribution in [-0.4, -0.2) is 42.6 Å². The zero-order valence-electron chi connectivity index (χ0n) is 12.0. The highest BCUT2D eigenvalue weighted by Gasteiger charge is 2.37. The molecule has 1 aliphatic carbocycles. The average molecular weight is 258 g/mol. The molecule has 0 aromatic heterocycles. The van der Waals surface area contributed by atoms with Crippen LogP contribution in [-0.2, 0) is 0 Å². The van der Waals surface area contributed by atoms with Gasteiger partial charge in [0.1, 0.15) is 0 Å². The van der Waals surface area contributed by atoms with Crippen molar-refractivity contribution in [2.24, 2.45) is 17.6 Å². The SMILES string of the molecule is CSCCN(C)C1(CN)CCC(C(C)C)CC1. The summed E-state index contributed by atoms with van der Waals surface area (Å²) in [5, 5.41) is 0. The molecular weight excluding hydrogens is 228 g/mol. The van der Waals surface area contributed by atoms with Crippen LogP contribution in [0.2, 0.25) is 0 Å². The van der Waals surface area contributed by atoms with Gasteiger partial charge in [-0.1, -0.05) is 13.8 Å². The van der Waals surface area contributed by atoms with Crippen molar-refractivity contribution < 1.29 is 0 Å². The minimum absolute atomic E-state index is 0.293. The summed E-state index contributed by atoms with van der Waals surface area (Å²) in [6.07, 6.45) is 7.48. The Morgan fingerprint density at radius 3 is 2.35 bits per heavy atom. The molecule has 0 spiro atoms. The molecule has 2 N–H and O–H groups in total. The fourth-order valence-corrected chi connectivity index (χ4v) is 3.51. The number of nitrogens with two attached hydrogens (primary N) is 1. The molecule has 1 fully saturated rings. The van der Waals surface area contributed by atoms with Crippen LogP contribution in [0.3, 0.4) is 0 Å². The summed E-state index contributed by atoms with van der Waals surface area (Å²) < 4.78 is 0. The molecule has 3 heteroatoms. The molecule has 0 radical (unpaired) electrons. The number of thioether (sulfide) groups is 1. The Kier molecular flexibility index (Phi) is 6.32. The van der Waals surface area contributed by atoms with Crippen molar-refractivity contribution in [1.82, 2.24) is 4.90 Å². The second kappa shape index (κ2) is 7.01.